The Morgan fingerprint density at radius 3 is 2.59 bits per heavy atom. The standard InChI is InChI=1S/C26H24N10O/c1-14-9-15(2)35(32-14)11-17-5-7-18(8-6-17)23-29-24-22-21(19-10-28-34(4)12-19)20-16(3)30-31-26(20)37-25(22)27-13-36(24)33-23/h5-10,12-13,21H,11H2,1-4H3,(H,30,31)/t21-/m1/s1. The third kappa shape index (κ3) is 3.42. The van der Waals surface area contributed by atoms with Gasteiger partial charge in [0.2, 0.25) is 11.8 Å². The van der Waals surface area contributed by atoms with Crippen LogP contribution in [0.15, 0.2) is 49.1 Å². The minimum atomic E-state index is -0.192. The number of rotatable bonds is 4. The summed E-state index contributed by atoms with van der Waals surface area (Å²) >= 11 is 0. The molecule has 0 amide bonds. The summed E-state index contributed by atoms with van der Waals surface area (Å²) in [5.74, 6) is 1.42. The van der Waals surface area contributed by atoms with Crippen LogP contribution in [-0.2, 0) is 13.6 Å². The van der Waals surface area contributed by atoms with Crippen LogP contribution in [0, 0.1) is 20.8 Å². The lowest BCUT2D eigenvalue weighted by Crippen LogP contribution is -2.14. The molecular formula is C26H24N10O. The van der Waals surface area contributed by atoms with Crippen LogP contribution in [0.1, 0.15) is 45.3 Å². The summed E-state index contributed by atoms with van der Waals surface area (Å²) in [5, 5.41) is 21.1. The lowest BCUT2D eigenvalue weighted by atomic mass is 9.86. The number of benzene rings is 1. The van der Waals surface area contributed by atoms with Crippen molar-refractivity contribution in [2.45, 2.75) is 33.2 Å². The molecule has 1 N–H and O–H groups in total. The first-order chi connectivity index (χ1) is 17.9. The van der Waals surface area contributed by atoms with Gasteiger partial charge < -0.3 is 4.74 Å². The molecule has 1 aliphatic heterocycles. The highest BCUT2D eigenvalue weighted by Gasteiger charge is 2.37. The number of aromatic nitrogens is 10. The van der Waals surface area contributed by atoms with Crippen molar-refractivity contribution in [3.63, 3.8) is 0 Å². The van der Waals surface area contributed by atoms with Crippen LogP contribution in [0.25, 0.3) is 17.0 Å². The fourth-order valence-electron chi connectivity index (χ4n) is 5.07. The largest absolute Gasteiger partial charge is 0.418 e. The van der Waals surface area contributed by atoms with Crippen molar-refractivity contribution in [1.29, 1.82) is 0 Å². The molecule has 1 aliphatic rings. The van der Waals surface area contributed by atoms with Crippen LogP contribution in [-0.4, -0.2) is 49.3 Å². The average molecular weight is 493 g/mol. The molecule has 0 spiro atoms. The Balaban J connectivity index is 1.30. The molecule has 37 heavy (non-hydrogen) atoms. The molecule has 0 saturated heterocycles. The smallest absolute Gasteiger partial charge is 0.244 e. The highest BCUT2D eigenvalue weighted by Crippen LogP contribution is 2.48. The Bertz CT molecular complexity index is 1790. The van der Waals surface area contributed by atoms with Crippen LogP contribution >= 0.6 is 0 Å². The first kappa shape index (κ1) is 21.5. The molecular weight excluding hydrogens is 468 g/mol. The zero-order valence-electron chi connectivity index (χ0n) is 20.8. The van der Waals surface area contributed by atoms with E-state index < -0.39 is 0 Å². The van der Waals surface area contributed by atoms with Gasteiger partial charge in [-0.1, -0.05) is 24.3 Å². The zero-order valence-corrected chi connectivity index (χ0v) is 20.8. The van der Waals surface area contributed by atoms with Gasteiger partial charge in [-0.05, 0) is 32.4 Å². The van der Waals surface area contributed by atoms with Crippen molar-refractivity contribution in [1.82, 2.24) is 49.3 Å². The predicted molar refractivity (Wildman–Crippen MR) is 135 cm³/mol. The normalized spacial score (nSPS) is 14.5. The van der Waals surface area contributed by atoms with E-state index in [1.165, 1.54) is 0 Å². The summed E-state index contributed by atoms with van der Waals surface area (Å²) in [7, 11) is 1.90. The van der Waals surface area contributed by atoms with E-state index in [4.69, 9.17) is 14.8 Å². The van der Waals surface area contributed by atoms with Gasteiger partial charge in [-0.15, -0.1) is 10.2 Å². The number of fused-ring (bicyclic) bond motifs is 4. The maximum atomic E-state index is 6.09. The number of aryl methyl sites for hydroxylation is 4. The molecule has 0 fully saturated rings. The second-order valence-corrected chi connectivity index (χ2v) is 9.50. The number of nitrogens with zero attached hydrogens (tertiary/aromatic N) is 9. The average Bonchev–Trinajstić information content (AvgIpc) is 3.66. The van der Waals surface area contributed by atoms with Crippen LogP contribution in [0.5, 0.6) is 11.8 Å². The number of hydrogen-bond donors (Lipinski definition) is 1. The van der Waals surface area contributed by atoms with E-state index >= 15 is 0 Å². The Hall–Kier alpha value is -4.80. The Morgan fingerprint density at radius 1 is 1.03 bits per heavy atom. The minimum absolute atomic E-state index is 0.192. The quantitative estimate of drug-likeness (QED) is 0.398. The Kier molecular flexibility index (Phi) is 4.56. The molecule has 1 atom stereocenters. The summed E-state index contributed by atoms with van der Waals surface area (Å²) in [6, 6.07) is 10.4. The van der Waals surface area contributed by atoms with Crippen molar-refractivity contribution < 1.29 is 4.74 Å². The molecule has 0 saturated carbocycles. The van der Waals surface area contributed by atoms with Crippen molar-refractivity contribution in [3.8, 4) is 23.1 Å². The van der Waals surface area contributed by atoms with Crippen molar-refractivity contribution in [2.24, 2.45) is 7.05 Å². The molecule has 7 rings (SSSR count). The molecule has 0 radical (unpaired) electrons. The summed E-state index contributed by atoms with van der Waals surface area (Å²) in [5.41, 5.74) is 8.65. The van der Waals surface area contributed by atoms with Crippen molar-refractivity contribution in [3.05, 3.63) is 88.4 Å². The number of ether oxygens (including phenoxy) is 1. The third-order valence-electron chi connectivity index (χ3n) is 6.82. The van der Waals surface area contributed by atoms with E-state index in [1.807, 2.05) is 50.1 Å². The minimum Gasteiger partial charge on any atom is -0.418 e. The third-order valence-corrected chi connectivity index (χ3v) is 6.82. The lowest BCUT2D eigenvalue weighted by molar-refractivity contribution is 0.416. The van der Waals surface area contributed by atoms with Gasteiger partial charge in [0.1, 0.15) is 6.33 Å². The number of nitrogens with one attached hydrogen (secondary N) is 1. The highest BCUT2D eigenvalue weighted by atomic mass is 16.5. The van der Waals surface area contributed by atoms with Crippen LogP contribution in [0.2, 0.25) is 0 Å². The van der Waals surface area contributed by atoms with Gasteiger partial charge in [0.25, 0.3) is 0 Å². The van der Waals surface area contributed by atoms with Crippen LogP contribution < -0.4 is 4.74 Å². The molecule has 0 bridgehead atoms. The summed E-state index contributed by atoms with van der Waals surface area (Å²) in [6.07, 6.45) is 5.49. The molecule has 11 heteroatoms. The molecule has 0 unspecified atom stereocenters. The molecule has 6 heterocycles. The number of H-pyrrole nitrogens is 1. The first-order valence-electron chi connectivity index (χ1n) is 12.0. The molecule has 1 aromatic carbocycles. The van der Waals surface area contributed by atoms with Crippen LogP contribution in [0.3, 0.4) is 0 Å². The van der Waals surface area contributed by atoms with Gasteiger partial charge >= 0.3 is 0 Å². The summed E-state index contributed by atoms with van der Waals surface area (Å²) < 4.78 is 11.6. The SMILES string of the molecule is Cc1cc(C)n(Cc2ccc(-c3nc4c5c(ncn4n3)Oc3n[nH]c(C)c3[C@H]5c3cnn(C)c3)cc2)n1. The molecule has 6 aromatic rings. The van der Waals surface area contributed by atoms with E-state index in [0.717, 1.165) is 44.9 Å². The summed E-state index contributed by atoms with van der Waals surface area (Å²) in [6.45, 7) is 6.78. The number of aromatic amines is 1. The van der Waals surface area contributed by atoms with Crippen LogP contribution in [0.4, 0.5) is 0 Å². The molecule has 0 aliphatic carbocycles. The maximum absolute atomic E-state index is 6.09. The van der Waals surface area contributed by atoms with E-state index in [0.29, 0.717) is 29.8 Å². The van der Waals surface area contributed by atoms with Gasteiger partial charge in [0.05, 0.1) is 29.9 Å². The van der Waals surface area contributed by atoms with E-state index in [2.05, 4.69) is 50.5 Å². The predicted octanol–water partition coefficient (Wildman–Crippen LogP) is 3.70. The fraction of sp³-hybridized carbons (Fsp3) is 0.231. The maximum Gasteiger partial charge on any atom is 0.244 e. The van der Waals surface area contributed by atoms with Crippen molar-refractivity contribution >= 4 is 5.65 Å². The van der Waals surface area contributed by atoms with Crippen molar-refractivity contribution in [2.75, 3.05) is 0 Å². The van der Waals surface area contributed by atoms with E-state index in [9.17, 15) is 0 Å². The fourth-order valence-corrected chi connectivity index (χ4v) is 5.07. The monoisotopic (exact) mass is 492 g/mol. The van der Waals surface area contributed by atoms with Gasteiger partial charge in [0, 0.05) is 41.3 Å². The van der Waals surface area contributed by atoms with Gasteiger partial charge in [0.15, 0.2) is 11.5 Å². The van der Waals surface area contributed by atoms with E-state index in [1.54, 1.807) is 15.5 Å². The zero-order chi connectivity index (χ0) is 25.3. The molecule has 5 aromatic heterocycles. The topological polar surface area (TPSA) is 117 Å². The van der Waals surface area contributed by atoms with Gasteiger partial charge in [-0.3, -0.25) is 14.5 Å². The molecule has 184 valence electrons. The lowest BCUT2D eigenvalue weighted by Gasteiger charge is -2.24. The Labute approximate surface area is 211 Å². The second kappa shape index (κ2) is 7.85. The number of hydrogen-bond acceptors (Lipinski definition) is 7. The molecule has 11 nitrogen and oxygen atoms in total. The Morgan fingerprint density at radius 2 is 1.86 bits per heavy atom. The van der Waals surface area contributed by atoms with Gasteiger partial charge in [-0.2, -0.15) is 10.2 Å². The summed E-state index contributed by atoms with van der Waals surface area (Å²) in [4.78, 5) is 9.52. The highest BCUT2D eigenvalue weighted by molar-refractivity contribution is 5.68. The van der Waals surface area contributed by atoms with E-state index in [-0.39, 0.29) is 5.92 Å². The van der Waals surface area contributed by atoms with Gasteiger partial charge in [-0.25, -0.2) is 14.5 Å². The second-order valence-electron chi connectivity index (χ2n) is 9.50. The first-order valence-corrected chi connectivity index (χ1v) is 12.0.